The SMILES string of the molecule is c1ccc(C2=Nc3ccccc3CN2c2cccc3c2-c2ccccc2C32c3ccccc3-c3ccccc32)cc1. The Morgan fingerprint density at radius 3 is 1.78 bits per heavy atom. The summed E-state index contributed by atoms with van der Waals surface area (Å²) in [5.74, 6) is 0.989. The first-order valence-electron chi connectivity index (χ1n) is 14.3. The summed E-state index contributed by atoms with van der Waals surface area (Å²) >= 11 is 0. The lowest BCUT2D eigenvalue weighted by Gasteiger charge is -2.33. The molecule has 0 atom stereocenters. The highest BCUT2D eigenvalue weighted by Gasteiger charge is 2.52. The first kappa shape index (κ1) is 22.6. The van der Waals surface area contributed by atoms with Crippen molar-refractivity contribution in [3.63, 3.8) is 0 Å². The van der Waals surface area contributed by atoms with Crippen LogP contribution in [-0.2, 0) is 12.0 Å². The molecule has 0 saturated carbocycles. The summed E-state index contributed by atoms with van der Waals surface area (Å²) in [7, 11) is 0. The first-order chi connectivity index (χ1) is 20.4. The highest BCUT2D eigenvalue weighted by atomic mass is 15.2. The van der Waals surface area contributed by atoms with Crippen LogP contribution in [0.15, 0.2) is 151 Å². The molecule has 9 rings (SSSR count). The molecule has 0 radical (unpaired) electrons. The summed E-state index contributed by atoms with van der Waals surface area (Å²) in [4.78, 5) is 7.69. The molecule has 0 fully saturated rings. The zero-order valence-corrected chi connectivity index (χ0v) is 22.5. The monoisotopic (exact) mass is 522 g/mol. The second-order valence-corrected chi connectivity index (χ2v) is 11.1. The third kappa shape index (κ3) is 2.94. The zero-order chi connectivity index (χ0) is 27.0. The highest BCUT2D eigenvalue weighted by Crippen LogP contribution is 2.64. The Kier molecular flexibility index (Phi) is 4.63. The van der Waals surface area contributed by atoms with E-state index in [4.69, 9.17) is 4.99 Å². The van der Waals surface area contributed by atoms with Crippen LogP contribution in [-0.4, -0.2) is 5.84 Å². The van der Waals surface area contributed by atoms with E-state index in [-0.39, 0.29) is 5.41 Å². The van der Waals surface area contributed by atoms with Gasteiger partial charge in [-0.2, -0.15) is 0 Å². The molecule has 2 nitrogen and oxygen atoms in total. The molecule has 0 N–H and O–H groups in total. The van der Waals surface area contributed by atoms with Gasteiger partial charge in [0.2, 0.25) is 0 Å². The van der Waals surface area contributed by atoms with Crippen molar-refractivity contribution in [1.29, 1.82) is 0 Å². The maximum atomic E-state index is 5.26. The van der Waals surface area contributed by atoms with Crippen LogP contribution in [0.25, 0.3) is 22.3 Å². The molecule has 6 aromatic carbocycles. The van der Waals surface area contributed by atoms with E-state index in [1.165, 1.54) is 55.8 Å². The van der Waals surface area contributed by atoms with Crippen molar-refractivity contribution in [2.24, 2.45) is 4.99 Å². The van der Waals surface area contributed by atoms with Crippen LogP contribution in [0.3, 0.4) is 0 Å². The van der Waals surface area contributed by atoms with Crippen LogP contribution in [0.4, 0.5) is 11.4 Å². The van der Waals surface area contributed by atoms with E-state index in [1.807, 2.05) is 0 Å². The maximum Gasteiger partial charge on any atom is 0.141 e. The molecule has 1 heterocycles. The topological polar surface area (TPSA) is 15.6 Å². The van der Waals surface area contributed by atoms with E-state index >= 15 is 0 Å². The van der Waals surface area contributed by atoms with Crippen molar-refractivity contribution < 1.29 is 0 Å². The van der Waals surface area contributed by atoms with Crippen molar-refractivity contribution >= 4 is 17.2 Å². The number of benzene rings is 6. The number of fused-ring (bicyclic) bond motifs is 11. The maximum absolute atomic E-state index is 5.26. The van der Waals surface area contributed by atoms with Gasteiger partial charge in [-0.15, -0.1) is 0 Å². The quantitative estimate of drug-likeness (QED) is 0.221. The van der Waals surface area contributed by atoms with Gasteiger partial charge in [0.25, 0.3) is 0 Å². The Labute approximate surface area is 239 Å². The van der Waals surface area contributed by atoms with Crippen LogP contribution in [0.2, 0.25) is 0 Å². The van der Waals surface area contributed by atoms with E-state index < -0.39 is 0 Å². The number of hydrogen-bond acceptors (Lipinski definition) is 2. The van der Waals surface area contributed by atoms with Crippen LogP contribution >= 0.6 is 0 Å². The second-order valence-electron chi connectivity index (χ2n) is 11.1. The molecule has 0 bridgehead atoms. The predicted molar refractivity (Wildman–Crippen MR) is 168 cm³/mol. The number of anilines is 1. The molecule has 3 aliphatic rings. The third-order valence-electron chi connectivity index (χ3n) is 9.12. The number of rotatable bonds is 2. The number of hydrogen-bond donors (Lipinski definition) is 0. The van der Waals surface area contributed by atoms with E-state index in [0.29, 0.717) is 0 Å². The number of para-hydroxylation sites is 1. The molecule has 1 spiro atoms. The molecule has 0 unspecified atom stereocenters. The van der Waals surface area contributed by atoms with E-state index in [9.17, 15) is 0 Å². The highest BCUT2D eigenvalue weighted by molar-refractivity contribution is 6.14. The first-order valence-corrected chi connectivity index (χ1v) is 14.3. The van der Waals surface area contributed by atoms with E-state index in [1.54, 1.807) is 0 Å². The molecule has 2 aliphatic carbocycles. The van der Waals surface area contributed by atoms with Gasteiger partial charge in [-0.1, -0.05) is 133 Å². The molecular formula is C39H26N2. The molecular weight excluding hydrogens is 496 g/mol. The normalized spacial score (nSPS) is 15.0. The van der Waals surface area contributed by atoms with Gasteiger partial charge in [0, 0.05) is 11.1 Å². The van der Waals surface area contributed by atoms with Gasteiger partial charge >= 0.3 is 0 Å². The van der Waals surface area contributed by atoms with Gasteiger partial charge in [-0.3, -0.25) is 0 Å². The zero-order valence-electron chi connectivity index (χ0n) is 22.5. The Bertz CT molecular complexity index is 1990. The van der Waals surface area contributed by atoms with Gasteiger partial charge < -0.3 is 4.90 Å². The largest absolute Gasteiger partial charge is 0.321 e. The van der Waals surface area contributed by atoms with E-state index in [2.05, 4.69) is 150 Å². The standard InChI is InChI=1S/C39H26N2/c1-2-13-26(14-3-1)38-40-35-23-11-4-15-27(35)25-41(38)36-24-12-22-34-37(36)30-18-7-10-21-33(30)39(34)31-19-8-5-16-28(31)29-17-6-9-20-32(29)39/h1-24H,25H2. The van der Waals surface area contributed by atoms with Gasteiger partial charge in [-0.25, -0.2) is 4.99 Å². The number of amidine groups is 1. The summed E-state index contributed by atoms with van der Waals surface area (Å²) in [6.45, 7) is 0.767. The van der Waals surface area contributed by atoms with Gasteiger partial charge in [0.1, 0.15) is 5.84 Å². The van der Waals surface area contributed by atoms with Crippen LogP contribution in [0.5, 0.6) is 0 Å². The molecule has 41 heavy (non-hydrogen) atoms. The van der Waals surface area contributed by atoms with Crippen LogP contribution < -0.4 is 4.90 Å². The molecule has 192 valence electrons. The smallest absolute Gasteiger partial charge is 0.141 e. The Hall–Kier alpha value is -5.21. The minimum Gasteiger partial charge on any atom is -0.321 e. The fourth-order valence-electron chi connectivity index (χ4n) is 7.53. The summed E-state index contributed by atoms with van der Waals surface area (Å²) < 4.78 is 0. The van der Waals surface area contributed by atoms with E-state index in [0.717, 1.165) is 23.6 Å². The van der Waals surface area contributed by atoms with Crippen molar-refractivity contribution in [3.8, 4) is 22.3 Å². The minimum atomic E-state index is -0.354. The summed E-state index contributed by atoms with van der Waals surface area (Å²) in [5, 5.41) is 0. The molecule has 2 heteroatoms. The fourth-order valence-corrected chi connectivity index (χ4v) is 7.53. The van der Waals surface area contributed by atoms with Crippen molar-refractivity contribution in [2.45, 2.75) is 12.0 Å². The average molecular weight is 523 g/mol. The fraction of sp³-hybridized carbons (Fsp3) is 0.0513. The molecule has 0 saturated heterocycles. The lowest BCUT2D eigenvalue weighted by molar-refractivity contribution is 0.793. The van der Waals surface area contributed by atoms with Crippen molar-refractivity contribution in [1.82, 2.24) is 0 Å². The summed E-state index contributed by atoms with van der Waals surface area (Å²) in [6.07, 6.45) is 0. The van der Waals surface area contributed by atoms with Gasteiger partial charge in [0.15, 0.2) is 0 Å². The molecule has 1 aliphatic heterocycles. The lowest BCUT2D eigenvalue weighted by atomic mass is 9.70. The van der Waals surface area contributed by atoms with Crippen LogP contribution in [0, 0.1) is 0 Å². The van der Waals surface area contributed by atoms with Gasteiger partial charge in [-0.05, 0) is 56.6 Å². The lowest BCUT2D eigenvalue weighted by Crippen LogP contribution is -2.34. The van der Waals surface area contributed by atoms with Gasteiger partial charge in [0.05, 0.1) is 23.3 Å². The molecule has 0 amide bonds. The third-order valence-corrected chi connectivity index (χ3v) is 9.12. The summed E-state index contributed by atoms with van der Waals surface area (Å²) in [5.41, 5.74) is 15.0. The van der Waals surface area contributed by atoms with Crippen molar-refractivity contribution in [2.75, 3.05) is 4.90 Å². The second kappa shape index (κ2) is 8.39. The minimum absolute atomic E-state index is 0.354. The van der Waals surface area contributed by atoms with Crippen molar-refractivity contribution in [3.05, 3.63) is 179 Å². The Morgan fingerprint density at radius 2 is 1.05 bits per heavy atom. The number of aliphatic imine (C=N–C) groups is 1. The molecule has 6 aromatic rings. The van der Waals surface area contributed by atoms with Crippen LogP contribution in [0.1, 0.15) is 33.4 Å². The predicted octanol–water partition coefficient (Wildman–Crippen LogP) is 9.13. The summed E-state index contributed by atoms with van der Waals surface area (Å²) in [6, 6.07) is 53.0. The average Bonchev–Trinajstić information content (AvgIpc) is 3.52. The molecule has 0 aromatic heterocycles. The Morgan fingerprint density at radius 1 is 0.488 bits per heavy atom. The number of nitrogens with zero attached hydrogens (tertiary/aromatic N) is 2. The Balaban J connectivity index is 1.36.